The van der Waals surface area contributed by atoms with Crippen molar-refractivity contribution in [3.63, 3.8) is 0 Å². The third-order valence-electron chi connectivity index (χ3n) is 14.2. The number of nitrogens with two attached hydrogens (primary N) is 2. The van der Waals surface area contributed by atoms with Gasteiger partial charge in [0.1, 0.15) is 29.4 Å². The number of fused-ring (bicyclic) bond motifs is 7. The Morgan fingerprint density at radius 3 is 1.26 bits per heavy atom. The Morgan fingerprint density at radius 2 is 0.846 bits per heavy atom. The van der Waals surface area contributed by atoms with E-state index in [2.05, 4.69) is 203 Å². The summed E-state index contributed by atoms with van der Waals surface area (Å²) in [6, 6.07) is 40.6. The number of halogens is 9. The molecular formula is C77H69B2Br5Cl4N14O11PS9. The van der Waals surface area contributed by atoms with Crippen LogP contribution in [-0.4, -0.2) is 79.0 Å². The summed E-state index contributed by atoms with van der Waals surface area (Å²) < 4.78 is 64.8. The predicted molar refractivity (Wildman–Crippen MR) is 537 cm³/mol. The van der Waals surface area contributed by atoms with E-state index in [4.69, 9.17) is 61.6 Å². The van der Waals surface area contributed by atoms with Crippen LogP contribution in [0.15, 0.2) is 196 Å². The zero-order valence-corrected chi connectivity index (χ0v) is 81.8. The van der Waals surface area contributed by atoms with Crippen molar-refractivity contribution in [2.24, 2.45) is 15.8 Å². The molecule has 0 aliphatic rings. The quantitative estimate of drug-likeness (QED) is 0.0267. The van der Waals surface area contributed by atoms with Crippen molar-refractivity contribution in [3.8, 4) is 34.7 Å². The van der Waals surface area contributed by atoms with Gasteiger partial charge in [-0.1, -0.05) is 91.9 Å². The van der Waals surface area contributed by atoms with Gasteiger partial charge in [-0.25, -0.2) is 4.98 Å². The molecule has 0 saturated heterocycles. The Kier molecular flexibility index (Phi) is 51.9. The van der Waals surface area contributed by atoms with Gasteiger partial charge in [-0.3, -0.25) is 52.6 Å². The minimum absolute atomic E-state index is 0. The number of amides is 2. The van der Waals surface area contributed by atoms with E-state index in [9.17, 15) is 33.2 Å². The summed E-state index contributed by atoms with van der Waals surface area (Å²) in [7, 11) is 0.503. The van der Waals surface area contributed by atoms with Crippen LogP contribution in [0.4, 0.5) is 0 Å². The fraction of sp³-hybridized carbons (Fsp3) is 0.130. The number of aromatic amines is 3. The van der Waals surface area contributed by atoms with E-state index < -0.39 is 27.4 Å². The first kappa shape index (κ1) is 113. The first-order valence-corrected chi connectivity index (χ1v) is 49.3. The number of nitrogens with zero attached hydrogens (tertiary/aromatic N) is 9. The fourth-order valence-corrected chi connectivity index (χ4v) is 19.4. The number of carbonyl (C=O) groups is 2. The standard InChI is InChI=1S/C15H12N2OS.C9H7BrN2OS.C9H5BrN2S.C8H2BrClN2S.C8H3BrN2OS.C8H4N2OS.C7H4BrNOS.C6H5BO.2C2H6.3CH4.BHNS.Cl3OP.H2O4S/c1-9-11-7-13(10-5-3-2-4-6-10)19-14(11)12(8-17-9)15(16)18;1-4-5-2-7(10)14-8(5)6(3-12-4)9(11)13;1-5-7-2-8(10)13-9(7)6(3-11)4-12-5;9-6-1-5-7(13-6)4(2-11)3-12-8(5)10;9-6-1-5-7(13-6)4(2-10)3-11-8(5)12;9-3-5-4-10-8(11)6-1-2-12-7(5)6;8-5-3-9-7(10)4-1-2-11-6(4)5;8-7-6-4-2-1-3-5-6;2*1-2;;;;1-2-3;2*1-5(2,3)4/h2-8H,1H3,(H2,16,18);2-3H,1H3,(H2,11,13);2,4H,1H3;1,3H;1,3H,(H,11,12);1-2,4H,(H,10,11);1-3H,(H,9,10);1-5H;2*1-2H3;3*1H4;3H;;(H2,1,2,3,4). The van der Waals surface area contributed by atoms with Crippen molar-refractivity contribution in [3.05, 3.63) is 264 Å². The normalized spacial score (nSPS) is 9.71. The number of aryl methyl sites for hydroxylation is 3. The number of hydrogen-bond donors (Lipinski definition) is 8. The van der Waals surface area contributed by atoms with Gasteiger partial charge in [0.2, 0.25) is 0 Å². The number of H-pyrrole nitrogens is 3. The van der Waals surface area contributed by atoms with Gasteiger partial charge < -0.3 is 26.4 Å². The van der Waals surface area contributed by atoms with E-state index in [0.717, 1.165) is 120 Å². The van der Waals surface area contributed by atoms with Gasteiger partial charge >= 0.3 is 88.0 Å². The molecule has 16 aromatic rings. The minimum atomic E-state index is -4.67. The van der Waals surface area contributed by atoms with E-state index in [0.29, 0.717) is 49.3 Å². The van der Waals surface area contributed by atoms with Gasteiger partial charge in [0.25, 0.3) is 28.5 Å². The second-order valence-corrected chi connectivity index (χ2v) is 43.2. The Balaban J connectivity index is 0.000000686. The van der Waals surface area contributed by atoms with Crippen molar-refractivity contribution in [2.75, 3.05) is 0 Å². The predicted octanol–water partition coefficient (Wildman–Crippen LogP) is 25.4. The molecule has 0 bridgehead atoms. The van der Waals surface area contributed by atoms with E-state index in [-0.39, 0.29) is 39.0 Å². The van der Waals surface area contributed by atoms with Crippen LogP contribution < -0.4 is 33.6 Å². The monoisotopic (exact) mass is 2240 g/mol. The van der Waals surface area contributed by atoms with Crippen LogP contribution in [0.2, 0.25) is 5.15 Å². The summed E-state index contributed by atoms with van der Waals surface area (Å²) in [5.41, 5.74) is 18.2. The number of hydrogen-bond acceptors (Lipinski definition) is 26. The molecule has 25 nitrogen and oxygen atoms in total. The summed E-state index contributed by atoms with van der Waals surface area (Å²) in [5.74, 6) is -0.865. The zero-order chi connectivity index (χ0) is 89.9. The maximum absolute atomic E-state index is 11.5. The number of pyridine rings is 7. The molecule has 0 fully saturated rings. The number of thiol groups is 1. The van der Waals surface area contributed by atoms with Gasteiger partial charge in [-0.05, 0) is 193 Å². The van der Waals surface area contributed by atoms with Crippen LogP contribution >= 0.6 is 222 Å². The van der Waals surface area contributed by atoms with Gasteiger partial charge in [-0.15, -0.1) is 79.4 Å². The number of benzene rings is 2. The van der Waals surface area contributed by atoms with Gasteiger partial charge in [0.15, 0.2) is 0 Å². The number of thiophene rings is 7. The first-order valence-electron chi connectivity index (χ1n) is 32.9. The second-order valence-electron chi connectivity index (χ2n) is 21.6. The second kappa shape index (κ2) is 56.4. The molecular weight excluding hydrogens is 2180 g/mol. The number of aromatic nitrogens is 7. The molecule has 0 aliphatic carbocycles. The molecule has 2 amide bonds. The topological polar surface area (TPSA) is 453 Å². The molecule has 14 heterocycles. The Bertz CT molecular complexity index is 6720. The van der Waals surface area contributed by atoms with Crippen molar-refractivity contribution < 1.29 is 36.4 Å². The van der Waals surface area contributed by atoms with Crippen molar-refractivity contribution in [1.82, 2.24) is 34.9 Å². The third kappa shape index (κ3) is 35.5. The van der Waals surface area contributed by atoms with E-state index in [1.165, 1.54) is 70.1 Å². The summed E-state index contributed by atoms with van der Waals surface area (Å²) in [4.78, 5) is 81.3. The van der Waals surface area contributed by atoms with Crippen LogP contribution in [0, 0.1) is 66.1 Å². The summed E-state index contributed by atoms with van der Waals surface area (Å²) in [6.45, 7) is 13.8. The fourth-order valence-electron chi connectivity index (χ4n) is 9.24. The van der Waals surface area contributed by atoms with E-state index >= 15 is 0 Å². The molecule has 641 valence electrons. The molecule has 123 heavy (non-hydrogen) atoms. The molecule has 0 aliphatic heterocycles. The van der Waals surface area contributed by atoms with Crippen LogP contribution in [0.5, 0.6) is 0 Å². The van der Waals surface area contributed by atoms with Crippen LogP contribution in [0.3, 0.4) is 0 Å². The average molecular weight is 2250 g/mol. The number of rotatable bonds is 4. The van der Waals surface area contributed by atoms with Crippen molar-refractivity contribution in [2.45, 2.75) is 70.7 Å². The van der Waals surface area contributed by atoms with Crippen LogP contribution in [0.1, 0.15) is 110 Å². The summed E-state index contributed by atoms with van der Waals surface area (Å²) in [6.07, 6.45) is 10.8. The van der Waals surface area contributed by atoms with Gasteiger partial charge in [0.05, 0.1) is 102 Å². The van der Waals surface area contributed by atoms with Crippen molar-refractivity contribution >= 4 is 335 Å². The molecule has 0 saturated carbocycles. The molecule has 1 radical (unpaired) electrons. The Hall–Kier alpha value is -7.75. The zero-order valence-electron chi connectivity index (χ0n) is 62.5. The SMILES string of the molecule is C.C.C.CC.CC.Cc1ncc(C#N)c2sc(Br)cc12.Cc1ncc(C(N)=O)c2sc(-c3ccccc3)cc12.Cc1ncc(C(N)=O)c2sc(Br)cc12.N#Cc1c[nH]c(=O)c2cc(Br)sc12.N#Cc1c[nH]c(=O)c2ccsc12.N#Cc1cnc(Cl)c2cc(Br)sc12.O=Bc1ccccc1.O=P(Cl)(Cl)Cl.O=S(=O)(O)O.O=c1[nH]cc(Br)c2sccc12.[B]=NS. The van der Waals surface area contributed by atoms with Crippen LogP contribution in [0.25, 0.3) is 81.0 Å². The van der Waals surface area contributed by atoms with Crippen molar-refractivity contribution in [1.29, 1.82) is 21.0 Å². The van der Waals surface area contributed by atoms with E-state index in [1.807, 2.05) is 127 Å². The maximum atomic E-state index is 11.5. The molecule has 0 unspecified atom stereocenters. The van der Waals surface area contributed by atoms with Crippen LogP contribution in [-0.2, 0) is 19.7 Å². The average Bonchev–Trinajstić information content (AvgIpc) is 1.66. The Morgan fingerprint density at radius 1 is 0.520 bits per heavy atom. The molecule has 9 N–H and O–H groups in total. The third-order valence-corrected chi connectivity index (χ3v) is 25.2. The molecule has 46 heteroatoms. The number of nitrogens with one attached hydrogen (secondary N) is 3. The van der Waals surface area contributed by atoms with Gasteiger partial charge in [-0.2, -0.15) is 29.5 Å². The first-order chi connectivity index (χ1) is 56.9. The number of primary amides is 2. The number of carbonyl (C=O) groups excluding carboxylic acids is 2. The summed E-state index contributed by atoms with van der Waals surface area (Å²) in [5, 5.41) is 41.8. The number of nitriles is 4. The molecule has 0 spiro atoms. The van der Waals surface area contributed by atoms with Gasteiger partial charge in [0, 0.05) is 86.9 Å². The Labute approximate surface area is 803 Å². The molecule has 14 aromatic heterocycles. The van der Waals surface area contributed by atoms with E-state index in [1.54, 1.807) is 82.2 Å². The molecule has 16 rings (SSSR count). The molecule has 2 aromatic carbocycles. The molecule has 0 atom stereocenters. The summed E-state index contributed by atoms with van der Waals surface area (Å²) >= 11 is 50.2.